The van der Waals surface area contributed by atoms with Crippen LogP contribution in [0.3, 0.4) is 0 Å². The maximum atomic E-state index is 12.2. The second-order valence-electron chi connectivity index (χ2n) is 6.57. The van der Waals surface area contributed by atoms with Gasteiger partial charge in [-0.15, -0.1) is 0 Å². The van der Waals surface area contributed by atoms with Gasteiger partial charge in [0, 0.05) is 10.2 Å². The summed E-state index contributed by atoms with van der Waals surface area (Å²) in [6.45, 7) is 4.41. The number of aryl methyl sites for hydroxylation is 1. The first kappa shape index (κ1) is 20.1. The van der Waals surface area contributed by atoms with Crippen molar-refractivity contribution in [3.8, 4) is 0 Å². The minimum Gasteiger partial charge on any atom is -0.345 e. The number of nitrogens with one attached hydrogen (secondary N) is 3. The average molecular weight is 419 g/mol. The van der Waals surface area contributed by atoms with Gasteiger partial charge in [0.15, 0.2) is 13.1 Å². The predicted octanol–water partition coefficient (Wildman–Crippen LogP) is 2.09. The Morgan fingerprint density at radius 2 is 1.58 bits per heavy atom. The van der Waals surface area contributed by atoms with Crippen molar-refractivity contribution in [3.05, 3.63) is 64.1 Å². The highest BCUT2D eigenvalue weighted by molar-refractivity contribution is 9.10. The second kappa shape index (κ2) is 9.50. The Morgan fingerprint density at radius 3 is 2.19 bits per heavy atom. The molecule has 3 N–H and O–H groups in total. The molecule has 0 heterocycles. The summed E-state index contributed by atoms with van der Waals surface area (Å²) in [5.41, 5.74) is 2.94. The van der Waals surface area contributed by atoms with Crippen molar-refractivity contribution < 1.29 is 14.5 Å². The summed E-state index contributed by atoms with van der Waals surface area (Å²) < 4.78 is 1.00. The van der Waals surface area contributed by atoms with E-state index in [4.69, 9.17) is 0 Å². The van der Waals surface area contributed by atoms with Crippen molar-refractivity contribution in [1.82, 2.24) is 5.32 Å². The highest BCUT2D eigenvalue weighted by Gasteiger charge is 2.16. The Labute approximate surface area is 162 Å². The number of anilines is 1. The van der Waals surface area contributed by atoms with Crippen LogP contribution in [0.5, 0.6) is 0 Å². The zero-order chi connectivity index (χ0) is 19.1. The molecule has 138 valence electrons. The van der Waals surface area contributed by atoms with Crippen molar-refractivity contribution in [3.63, 3.8) is 0 Å². The lowest BCUT2D eigenvalue weighted by Crippen LogP contribution is -3.11. The van der Waals surface area contributed by atoms with Gasteiger partial charge < -0.3 is 15.5 Å². The third-order valence-electron chi connectivity index (χ3n) is 4.01. The SMILES string of the molecule is Cc1ccc(NC(=O)C[NH+](C)CC(=O)N[C@H](C)c2ccc(Br)cc2)cc1. The first-order chi connectivity index (χ1) is 12.3. The minimum atomic E-state index is -0.111. The molecule has 0 saturated heterocycles. The smallest absolute Gasteiger partial charge is 0.279 e. The van der Waals surface area contributed by atoms with Gasteiger partial charge in [0.1, 0.15) is 0 Å². The number of carbonyl (C=O) groups excluding carboxylic acids is 2. The fraction of sp³-hybridized carbons (Fsp3) is 0.300. The topological polar surface area (TPSA) is 62.6 Å². The molecule has 6 heteroatoms. The number of hydrogen-bond donors (Lipinski definition) is 3. The molecule has 0 aromatic heterocycles. The maximum absolute atomic E-state index is 12.2. The monoisotopic (exact) mass is 418 g/mol. The van der Waals surface area contributed by atoms with E-state index in [0.717, 1.165) is 26.2 Å². The molecule has 0 aliphatic carbocycles. The Kier molecular flexibility index (Phi) is 7.36. The van der Waals surface area contributed by atoms with Crippen molar-refractivity contribution in [1.29, 1.82) is 0 Å². The first-order valence-electron chi connectivity index (χ1n) is 8.56. The number of carbonyl (C=O) groups is 2. The molecule has 2 aromatic carbocycles. The molecule has 0 bridgehead atoms. The van der Waals surface area contributed by atoms with Gasteiger partial charge >= 0.3 is 0 Å². The standard InChI is InChI=1S/C20H24BrN3O2/c1-14-4-10-18(11-5-14)23-20(26)13-24(3)12-19(25)22-15(2)16-6-8-17(21)9-7-16/h4-11,15H,12-13H2,1-3H3,(H,22,25)(H,23,26)/p+1/t15-/m1/s1. The molecular weight excluding hydrogens is 394 g/mol. The van der Waals surface area contributed by atoms with E-state index >= 15 is 0 Å². The van der Waals surface area contributed by atoms with Crippen LogP contribution < -0.4 is 15.5 Å². The van der Waals surface area contributed by atoms with Crippen molar-refractivity contribution in [2.45, 2.75) is 19.9 Å². The number of rotatable bonds is 7. The molecule has 5 nitrogen and oxygen atoms in total. The van der Waals surface area contributed by atoms with Crippen LogP contribution in [0.1, 0.15) is 24.1 Å². The summed E-state index contributed by atoms with van der Waals surface area (Å²) in [6.07, 6.45) is 0. The maximum Gasteiger partial charge on any atom is 0.279 e. The molecule has 0 aliphatic rings. The lowest BCUT2D eigenvalue weighted by Gasteiger charge is -2.17. The predicted molar refractivity (Wildman–Crippen MR) is 107 cm³/mol. The Hall–Kier alpha value is -2.18. The van der Waals surface area contributed by atoms with Crippen LogP contribution in [-0.2, 0) is 9.59 Å². The third kappa shape index (κ3) is 6.61. The van der Waals surface area contributed by atoms with Gasteiger partial charge in [0.05, 0.1) is 13.1 Å². The lowest BCUT2D eigenvalue weighted by molar-refractivity contribution is -0.862. The van der Waals surface area contributed by atoms with E-state index in [2.05, 4.69) is 26.6 Å². The Bertz CT molecular complexity index is 745. The molecule has 0 radical (unpaired) electrons. The van der Waals surface area contributed by atoms with E-state index in [-0.39, 0.29) is 30.9 Å². The highest BCUT2D eigenvalue weighted by Crippen LogP contribution is 2.16. The number of amides is 2. The van der Waals surface area contributed by atoms with Gasteiger partial charge in [0.2, 0.25) is 0 Å². The quantitative estimate of drug-likeness (QED) is 0.644. The van der Waals surface area contributed by atoms with Gasteiger partial charge in [-0.1, -0.05) is 45.8 Å². The largest absolute Gasteiger partial charge is 0.345 e. The molecule has 2 aromatic rings. The molecule has 1 unspecified atom stereocenters. The molecule has 0 saturated carbocycles. The van der Waals surface area contributed by atoms with Crippen molar-refractivity contribution in [2.75, 3.05) is 25.5 Å². The van der Waals surface area contributed by atoms with Crippen LogP contribution in [0, 0.1) is 6.92 Å². The summed E-state index contributed by atoms with van der Waals surface area (Å²) in [5.74, 6) is -0.193. The molecule has 0 spiro atoms. The van der Waals surface area contributed by atoms with Gasteiger partial charge in [0.25, 0.3) is 11.8 Å². The van der Waals surface area contributed by atoms with E-state index < -0.39 is 0 Å². The zero-order valence-corrected chi connectivity index (χ0v) is 16.9. The van der Waals surface area contributed by atoms with Gasteiger partial charge in [-0.3, -0.25) is 9.59 Å². The second-order valence-corrected chi connectivity index (χ2v) is 7.48. The molecule has 2 amide bonds. The fourth-order valence-electron chi connectivity index (χ4n) is 2.58. The number of halogens is 1. The van der Waals surface area contributed by atoms with E-state index in [1.807, 2.05) is 69.4 Å². The lowest BCUT2D eigenvalue weighted by atomic mass is 10.1. The molecule has 2 rings (SSSR count). The summed E-state index contributed by atoms with van der Waals surface area (Å²) in [7, 11) is 1.83. The van der Waals surface area contributed by atoms with Gasteiger partial charge in [-0.2, -0.15) is 0 Å². The Balaban J connectivity index is 1.78. The minimum absolute atomic E-state index is 0.0789. The summed E-state index contributed by atoms with van der Waals surface area (Å²) >= 11 is 3.40. The van der Waals surface area contributed by atoms with Crippen LogP contribution in [-0.4, -0.2) is 32.0 Å². The molecule has 2 atom stereocenters. The summed E-state index contributed by atoms with van der Waals surface area (Å²) in [6, 6.07) is 15.4. The summed E-state index contributed by atoms with van der Waals surface area (Å²) in [4.78, 5) is 25.1. The number of likely N-dealkylation sites (N-methyl/N-ethyl adjacent to an activating group) is 1. The third-order valence-corrected chi connectivity index (χ3v) is 4.54. The zero-order valence-electron chi connectivity index (χ0n) is 15.3. The van der Waals surface area contributed by atoms with Crippen molar-refractivity contribution >= 4 is 33.4 Å². The molecule has 0 fully saturated rings. The molecular formula is C20H25BrN3O2+. The first-order valence-corrected chi connectivity index (χ1v) is 9.35. The Morgan fingerprint density at radius 1 is 1.00 bits per heavy atom. The fourth-order valence-corrected chi connectivity index (χ4v) is 2.84. The van der Waals surface area contributed by atoms with Crippen LogP contribution in [0.4, 0.5) is 5.69 Å². The van der Waals surface area contributed by atoms with Crippen molar-refractivity contribution in [2.24, 2.45) is 0 Å². The highest BCUT2D eigenvalue weighted by atomic mass is 79.9. The van der Waals surface area contributed by atoms with Gasteiger partial charge in [-0.25, -0.2) is 0 Å². The normalized spacial score (nSPS) is 12.9. The molecule has 0 aliphatic heterocycles. The van der Waals surface area contributed by atoms with Crippen LogP contribution in [0.25, 0.3) is 0 Å². The van der Waals surface area contributed by atoms with E-state index in [9.17, 15) is 9.59 Å². The van der Waals surface area contributed by atoms with Crippen LogP contribution in [0.15, 0.2) is 53.0 Å². The van der Waals surface area contributed by atoms with E-state index in [1.165, 1.54) is 0 Å². The number of benzene rings is 2. The number of quaternary nitrogens is 1. The number of hydrogen-bond acceptors (Lipinski definition) is 2. The average Bonchev–Trinajstić information content (AvgIpc) is 2.57. The molecule has 26 heavy (non-hydrogen) atoms. The summed E-state index contributed by atoms with van der Waals surface area (Å²) in [5, 5.41) is 5.82. The van der Waals surface area contributed by atoms with Gasteiger partial charge in [-0.05, 0) is 43.7 Å². The van der Waals surface area contributed by atoms with Crippen LogP contribution >= 0.6 is 15.9 Å². The van der Waals surface area contributed by atoms with Crippen LogP contribution in [0.2, 0.25) is 0 Å². The van der Waals surface area contributed by atoms with E-state index in [1.54, 1.807) is 0 Å². The van der Waals surface area contributed by atoms with E-state index in [0.29, 0.717) is 0 Å².